The topological polar surface area (TPSA) is 40.5 Å². The van der Waals surface area contributed by atoms with E-state index in [4.69, 9.17) is 0 Å². The van der Waals surface area contributed by atoms with Gasteiger partial charge in [0.2, 0.25) is 0 Å². The van der Waals surface area contributed by atoms with Gasteiger partial charge >= 0.3 is 0 Å². The van der Waals surface area contributed by atoms with Gasteiger partial charge in [0.15, 0.2) is 0 Å². The molecule has 1 aromatic carbocycles. The molecular weight excluding hydrogens is 152 g/mol. The molecule has 0 spiro atoms. The summed E-state index contributed by atoms with van der Waals surface area (Å²) >= 11 is 0. The van der Waals surface area contributed by atoms with Gasteiger partial charge in [-0.25, -0.2) is 0 Å². The van der Waals surface area contributed by atoms with Gasteiger partial charge in [0, 0.05) is 0 Å². The van der Waals surface area contributed by atoms with E-state index in [9.17, 15) is 10.2 Å². The summed E-state index contributed by atoms with van der Waals surface area (Å²) in [4.78, 5) is 0. The van der Waals surface area contributed by atoms with Crippen LogP contribution in [0.2, 0.25) is 0 Å². The molecule has 1 aromatic rings. The van der Waals surface area contributed by atoms with Crippen LogP contribution in [0.15, 0.2) is 24.3 Å². The fraction of sp³-hybridized carbons (Fsp3) is 0.200. The summed E-state index contributed by atoms with van der Waals surface area (Å²) in [6, 6.07) is 5.15. The average molecular weight is 164 g/mol. The number of aromatic hydroxyl groups is 1. The van der Waals surface area contributed by atoms with Gasteiger partial charge in [-0.3, -0.25) is 0 Å². The van der Waals surface area contributed by atoms with Crippen molar-refractivity contribution in [3.05, 3.63) is 35.4 Å². The zero-order valence-electron chi connectivity index (χ0n) is 7.20. The van der Waals surface area contributed by atoms with Gasteiger partial charge < -0.3 is 10.2 Å². The summed E-state index contributed by atoms with van der Waals surface area (Å²) in [5.41, 5.74) is 1.38. The fourth-order valence-corrected chi connectivity index (χ4v) is 1.13. The van der Waals surface area contributed by atoms with Gasteiger partial charge in [0.25, 0.3) is 0 Å². The van der Waals surface area contributed by atoms with Crippen LogP contribution < -0.4 is 0 Å². The lowest BCUT2D eigenvalue weighted by molar-refractivity contribution is 0.459. The summed E-state index contributed by atoms with van der Waals surface area (Å²) in [5, 5.41) is 18.8. The predicted molar refractivity (Wildman–Crippen MR) is 49.1 cm³/mol. The number of rotatable bonds is 1. The summed E-state index contributed by atoms with van der Waals surface area (Å²) in [5.74, 6) is 0.233. The van der Waals surface area contributed by atoms with Crippen molar-refractivity contribution in [3.8, 4) is 5.75 Å². The molecule has 0 amide bonds. The predicted octanol–water partition coefficient (Wildman–Crippen LogP) is 2.62. The molecule has 0 fully saturated rings. The second-order valence-electron chi connectivity index (χ2n) is 2.64. The molecule has 0 atom stereocenters. The highest BCUT2D eigenvalue weighted by Gasteiger charge is 2.06. The van der Waals surface area contributed by atoms with Crippen LogP contribution in [0, 0.1) is 6.92 Å². The van der Waals surface area contributed by atoms with Gasteiger partial charge in [-0.1, -0.05) is 12.1 Å². The monoisotopic (exact) mass is 164 g/mol. The highest BCUT2D eigenvalue weighted by Crippen LogP contribution is 2.26. The molecule has 0 radical (unpaired) electrons. The van der Waals surface area contributed by atoms with Gasteiger partial charge in [-0.15, -0.1) is 0 Å². The van der Waals surface area contributed by atoms with Gasteiger partial charge in [-0.2, -0.15) is 0 Å². The SMILES string of the molecule is C/C=C(/O)c1c(C)cccc1O. The minimum Gasteiger partial charge on any atom is -0.508 e. The van der Waals surface area contributed by atoms with Crippen molar-refractivity contribution in [2.24, 2.45) is 0 Å². The number of aryl methyl sites for hydroxylation is 1. The molecule has 2 N–H and O–H groups in total. The maximum absolute atomic E-state index is 9.39. The van der Waals surface area contributed by atoms with E-state index in [1.54, 1.807) is 25.1 Å². The third kappa shape index (κ3) is 1.42. The Morgan fingerprint density at radius 3 is 2.58 bits per heavy atom. The van der Waals surface area contributed by atoms with E-state index in [0.29, 0.717) is 5.56 Å². The van der Waals surface area contributed by atoms with Crippen molar-refractivity contribution < 1.29 is 10.2 Å². The molecular formula is C10H12O2. The summed E-state index contributed by atoms with van der Waals surface area (Å²) in [6.07, 6.45) is 1.56. The van der Waals surface area contributed by atoms with E-state index < -0.39 is 0 Å². The molecule has 0 aliphatic heterocycles. The maximum Gasteiger partial charge on any atom is 0.126 e. The first-order valence-electron chi connectivity index (χ1n) is 3.81. The summed E-state index contributed by atoms with van der Waals surface area (Å²) in [6.45, 7) is 3.57. The van der Waals surface area contributed by atoms with Crippen molar-refractivity contribution in [3.63, 3.8) is 0 Å². The molecule has 2 nitrogen and oxygen atoms in total. The zero-order valence-corrected chi connectivity index (χ0v) is 7.20. The smallest absolute Gasteiger partial charge is 0.126 e. The summed E-state index contributed by atoms with van der Waals surface area (Å²) in [7, 11) is 0. The molecule has 0 bridgehead atoms. The molecule has 0 aliphatic rings. The van der Waals surface area contributed by atoms with E-state index in [1.807, 2.05) is 13.0 Å². The standard InChI is InChI=1S/C10H12O2/c1-3-8(11)10-7(2)5-4-6-9(10)12/h3-6,11-12H,1-2H3/b8-3+. The van der Waals surface area contributed by atoms with E-state index in [0.717, 1.165) is 5.56 Å². The lowest BCUT2D eigenvalue weighted by atomic mass is 10.1. The highest BCUT2D eigenvalue weighted by atomic mass is 16.3. The Balaban J connectivity index is 3.31. The van der Waals surface area contributed by atoms with Crippen LogP contribution in [0.4, 0.5) is 0 Å². The van der Waals surface area contributed by atoms with E-state index >= 15 is 0 Å². The number of hydrogen-bond acceptors (Lipinski definition) is 2. The van der Waals surface area contributed by atoms with Crippen molar-refractivity contribution >= 4 is 5.76 Å². The Morgan fingerprint density at radius 1 is 1.42 bits per heavy atom. The maximum atomic E-state index is 9.39. The van der Waals surface area contributed by atoms with Crippen LogP contribution in [-0.4, -0.2) is 10.2 Å². The van der Waals surface area contributed by atoms with Crippen LogP contribution in [0.3, 0.4) is 0 Å². The molecule has 0 aromatic heterocycles. The molecule has 0 unspecified atom stereocenters. The molecule has 0 saturated heterocycles. The third-order valence-corrected chi connectivity index (χ3v) is 1.78. The van der Waals surface area contributed by atoms with Crippen LogP contribution in [0.25, 0.3) is 5.76 Å². The molecule has 0 aliphatic carbocycles. The Hall–Kier alpha value is -1.44. The quantitative estimate of drug-likeness (QED) is 0.626. The molecule has 0 saturated carbocycles. The van der Waals surface area contributed by atoms with Gasteiger partial charge in [0.05, 0.1) is 5.56 Å². The fourth-order valence-electron chi connectivity index (χ4n) is 1.13. The zero-order chi connectivity index (χ0) is 9.14. The molecule has 0 heterocycles. The number of phenolic OH excluding ortho intramolecular Hbond substituents is 1. The van der Waals surface area contributed by atoms with Crippen molar-refractivity contribution in [2.45, 2.75) is 13.8 Å². The van der Waals surface area contributed by atoms with Crippen LogP contribution in [0.1, 0.15) is 18.1 Å². The normalized spacial score (nSPS) is 11.7. The number of aliphatic hydroxyl groups is 1. The van der Waals surface area contributed by atoms with Gasteiger partial charge in [0.1, 0.15) is 11.5 Å². The first kappa shape index (κ1) is 8.65. The molecule has 2 heteroatoms. The van der Waals surface area contributed by atoms with E-state index in [2.05, 4.69) is 0 Å². The van der Waals surface area contributed by atoms with Crippen molar-refractivity contribution in [2.75, 3.05) is 0 Å². The number of phenols is 1. The summed E-state index contributed by atoms with van der Waals surface area (Å²) < 4.78 is 0. The lowest BCUT2D eigenvalue weighted by Gasteiger charge is -2.06. The second-order valence-corrected chi connectivity index (χ2v) is 2.64. The van der Waals surface area contributed by atoms with Crippen LogP contribution in [-0.2, 0) is 0 Å². The lowest BCUT2D eigenvalue weighted by Crippen LogP contribution is -1.87. The Kier molecular flexibility index (Phi) is 2.38. The van der Waals surface area contributed by atoms with Crippen LogP contribution >= 0.6 is 0 Å². The minimum absolute atomic E-state index is 0.116. The minimum atomic E-state index is 0.116. The second kappa shape index (κ2) is 3.30. The largest absolute Gasteiger partial charge is 0.508 e. The number of benzene rings is 1. The number of aliphatic hydroxyl groups excluding tert-OH is 1. The Morgan fingerprint density at radius 2 is 2.08 bits per heavy atom. The molecule has 1 rings (SSSR count). The Labute approximate surface area is 71.8 Å². The van der Waals surface area contributed by atoms with E-state index in [-0.39, 0.29) is 11.5 Å². The molecule has 64 valence electrons. The van der Waals surface area contributed by atoms with Crippen molar-refractivity contribution in [1.82, 2.24) is 0 Å². The first-order chi connectivity index (χ1) is 5.66. The van der Waals surface area contributed by atoms with Crippen LogP contribution in [0.5, 0.6) is 5.75 Å². The number of allylic oxidation sites excluding steroid dienone is 1. The Bertz CT molecular complexity index is 293. The van der Waals surface area contributed by atoms with E-state index in [1.165, 1.54) is 0 Å². The van der Waals surface area contributed by atoms with Crippen molar-refractivity contribution in [1.29, 1.82) is 0 Å². The third-order valence-electron chi connectivity index (χ3n) is 1.78. The average Bonchev–Trinajstić information content (AvgIpc) is 2.03. The number of hydrogen-bond donors (Lipinski definition) is 2. The highest BCUT2D eigenvalue weighted by molar-refractivity contribution is 5.66. The first-order valence-corrected chi connectivity index (χ1v) is 3.81. The molecule has 12 heavy (non-hydrogen) atoms. The van der Waals surface area contributed by atoms with Gasteiger partial charge in [-0.05, 0) is 31.6 Å².